The highest BCUT2D eigenvalue weighted by Gasteiger charge is 2.09. The van der Waals surface area contributed by atoms with Crippen LogP contribution in [0.3, 0.4) is 0 Å². The zero-order valence-corrected chi connectivity index (χ0v) is 14.0. The highest BCUT2D eigenvalue weighted by Crippen LogP contribution is 2.38. The summed E-state index contributed by atoms with van der Waals surface area (Å²) in [6.45, 7) is 0. The molecule has 0 amide bonds. The summed E-state index contributed by atoms with van der Waals surface area (Å²) in [7, 11) is 1.62. The van der Waals surface area contributed by atoms with Gasteiger partial charge in [-0.3, -0.25) is 0 Å². The lowest BCUT2D eigenvalue weighted by Gasteiger charge is -2.11. The molecule has 0 unspecified atom stereocenters. The van der Waals surface area contributed by atoms with Crippen LogP contribution in [0.15, 0.2) is 45.3 Å². The van der Waals surface area contributed by atoms with Gasteiger partial charge in [0.2, 0.25) is 0 Å². The summed E-state index contributed by atoms with van der Waals surface area (Å²) >= 11 is 12.7. The fourth-order valence-corrected chi connectivity index (χ4v) is 2.62. The van der Waals surface area contributed by atoms with Crippen molar-refractivity contribution in [2.75, 3.05) is 7.11 Å². The van der Waals surface area contributed by atoms with Crippen molar-refractivity contribution in [2.24, 2.45) is 0 Å². The van der Waals surface area contributed by atoms with Gasteiger partial charge in [0.05, 0.1) is 16.1 Å². The normalized spacial score (nSPS) is 10.3. The Balaban J connectivity index is 2.30. The minimum absolute atomic E-state index is 0.463. The molecular weight excluding hydrogens is 395 g/mol. The van der Waals surface area contributed by atoms with E-state index >= 15 is 0 Å². The molecule has 100 valence electrons. The first-order chi connectivity index (χ1) is 9.13. The van der Waals surface area contributed by atoms with Crippen molar-refractivity contribution in [1.82, 2.24) is 0 Å². The van der Waals surface area contributed by atoms with Crippen LogP contribution >= 0.6 is 43.5 Å². The van der Waals surface area contributed by atoms with Gasteiger partial charge in [-0.25, -0.2) is 0 Å². The molecule has 0 fully saturated rings. The summed E-state index contributed by atoms with van der Waals surface area (Å²) in [6, 6.07) is 11.4. The van der Waals surface area contributed by atoms with Crippen LogP contribution in [0, 0.1) is 0 Å². The van der Waals surface area contributed by atoms with Gasteiger partial charge >= 0.3 is 0 Å². The monoisotopic (exact) mass is 404 g/mol. The van der Waals surface area contributed by atoms with Gasteiger partial charge in [-0.1, -0.05) is 12.1 Å². The molecule has 0 aromatic heterocycles. The fraction of sp³-hybridized carbons (Fsp3) is 0.143. The van der Waals surface area contributed by atoms with Gasteiger partial charge in [0.15, 0.2) is 0 Å². The molecule has 2 rings (SSSR count). The number of benzene rings is 2. The van der Waals surface area contributed by atoms with E-state index in [1.54, 1.807) is 7.11 Å². The van der Waals surface area contributed by atoms with Gasteiger partial charge in [-0.05, 0) is 61.7 Å². The molecule has 0 spiro atoms. The highest BCUT2D eigenvalue weighted by molar-refractivity contribution is 9.11. The number of methoxy groups -OCH3 is 1. The predicted octanol–water partition coefficient (Wildman–Crippen LogP) is 5.75. The molecule has 2 aromatic carbocycles. The van der Waals surface area contributed by atoms with Crippen molar-refractivity contribution >= 4 is 43.5 Å². The molecule has 2 nitrogen and oxygen atoms in total. The first-order valence-electron chi connectivity index (χ1n) is 5.50. The van der Waals surface area contributed by atoms with E-state index in [0.717, 1.165) is 26.0 Å². The quantitative estimate of drug-likeness (QED) is 0.602. The Labute approximate surface area is 133 Å². The topological polar surface area (TPSA) is 18.5 Å². The first-order valence-corrected chi connectivity index (χ1v) is 7.62. The number of hydrogen-bond donors (Lipinski definition) is 0. The van der Waals surface area contributed by atoms with Crippen LogP contribution in [0.25, 0.3) is 0 Å². The number of halogens is 3. The van der Waals surface area contributed by atoms with E-state index in [-0.39, 0.29) is 0 Å². The number of hydrogen-bond acceptors (Lipinski definition) is 2. The molecule has 0 radical (unpaired) electrons. The summed E-state index contributed by atoms with van der Waals surface area (Å²) in [5, 5.41) is 0. The lowest BCUT2D eigenvalue weighted by molar-refractivity contribution is 0.409. The SMILES string of the molecule is COc1cc(Br)c(Oc2cccc(CCl)c2)cc1Br. The van der Waals surface area contributed by atoms with Gasteiger partial charge < -0.3 is 9.47 Å². The van der Waals surface area contributed by atoms with E-state index in [1.165, 1.54) is 0 Å². The Kier molecular flexibility index (Phi) is 5.13. The standard InChI is InChI=1S/C14H11Br2ClO2/c1-18-13-6-12(16)14(7-11(13)15)19-10-4-2-3-9(5-10)8-17/h2-7H,8H2,1H3. The van der Waals surface area contributed by atoms with Crippen LogP contribution in [0.4, 0.5) is 0 Å². The Hall–Kier alpha value is -0.710. The first kappa shape index (κ1) is 14.7. The van der Waals surface area contributed by atoms with Gasteiger partial charge in [0, 0.05) is 5.88 Å². The third-order valence-electron chi connectivity index (χ3n) is 2.49. The van der Waals surface area contributed by atoms with E-state index in [2.05, 4.69) is 31.9 Å². The summed E-state index contributed by atoms with van der Waals surface area (Å²) in [4.78, 5) is 0. The van der Waals surface area contributed by atoms with Crippen molar-refractivity contribution in [3.8, 4) is 17.2 Å². The van der Waals surface area contributed by atoms with Crippen LogP contribution in [0.1, 0.15) is 5.56 Å². The summed E-state index contributed by atoms with van der Waals surface area (Å²) < 4.78 is 12.7. The van der Waals surface area contributed by atoms with Crippen LogP contribution in [0.5, 0.6) is 17.2 Å². The smallest absolute Gasteiger partial charge is 0.143 e. The summed E-state index contributed by atoms with van der Waals surface area (Å²) in [5.41, 5.74) is 1.02. The maximum absolute atomic E-state index is 5.84. The Morgan fingerprint density at radius 1 is 1.05 bits per heavy atom. The van der Waals surface area contributed by atoms with E-state index in [0.29, 0.717) is 11.6 Å². The van der Waals surface area contributed by atoms with Crippen LogP contribution in [0.2, 0.25) is 0 Å². The van der Waals surface area contributed by atoms with Crippen molar-refractivity contribution in [1.29, 1.82) is 0 Å². The highest BCUT2D eigenvalue weighted by atomic mass is 79.9. The van der Waals surface area contributed by atoms with Gasteiger partial charge in [-0.2, -0.15) is 0 Å². The summed E-state index contributed by atoms with van der Waals surface area (Å²) in [6.07, 6.45) is 0. The van der Waals surface area contributed by atoms with Gasteiger partial charge in [0.25, 0.3) is 0 Å². The molecule has 0 N–H and O–H groups in total. The number of alkyl halides is 1. The van der Waals surface area contributed by atoms with Crippen molar-refractivity contribution in [3.63, 3.8) is 0 Å². The number of rotatable bonds is 4. The lowest BCUT2D eigenvalue weighted by atomic mass is 10.2. The molecule has 0 bridgehead atoms. The average molecular weight is 407 g/mol. The molecule has 2 aromatic rings. The third kappa shape index (κ3) is 3.65. The van der Waals surface area contributed by atoms with E-state index in [9.17, 15) is 0 Å². The predicted molar refractivity (Wildman–Crippen MR) is 84.5 cm³/mol. The molecule has 19 heavy (non-hydrogen) atoms. The van der Waals surface area contributed by atoms with Crippen molar-refractivity contribution < 1.29 is 9.47 Å². The molecule has 0 aliphatic heterocycles. The average Bonchev–Trinajstić information content (AvgIpc) is 2.42. The largest absolute Gasteiger partial charge is 0.496 e. The van der Waals surface area contributed by atoms with E-state index < -0.39 is 0 Å². The molecule has 5 heteroatoms. The zero-order valence-electron chi connectivity index (χ0n) is 10.1. The molecule has 0 atom stereocenters. The molecule has 0 saturated carbocycles. The molecule has 0 aliphatic rings. The molecular formula is C14H11Br2ClO2. The Morgan fingerprint density at radius 3 is 2.42 bits per heavy atom. The Bertz CT molecular complexity index is 588. The summed E-state index contributed by atoms with van der Waals surface area (Å²) in [5.74, 6) is 2.66. The second-order valence-electron chi connectivity index (χ2n) is 3.80. The molecule has 0 heterocycles. The third-order valence-corrected chi connectivity index (χ3v) is 4.03. The van der Waals surface area contributed by atoms with E-state index in [4.69, 9.17) is 21.1 Å². The van der Waals surface area contributed by atoms with Crippen molar-refractivity contribution in [3.05, 3.63) is 50.9 Å². The maximum atomic E-state index is 5.84. The Morgan fingerprint density at radius 2 is 1.74 bits per heavy atom. The van der Waals surface area contributed by atoms with E-state index in [1.807, 2.05) is 36.4 Å². The lowest BCUT2D eigenvalue weighted by Crippen LogP contribution is -1.90. The van der Waals surface area contributed by atoms with Crippen LogP contribution in [-0.4, -0.2) is 7.11 Å². The van der Waals surface area contributed by atoms with Crippen LogP contribution < -0.4 is 9.47 Å². The molecule has 0 saturated heterocycles. The van der Waals surface area contributed by atoms with Crippen LogP contribution in [-0.2, 0) is 5.88 Å². The minimum atomic E-state index is 0.463. The second kappa shape index (κ2) is 6.64. The van der Waals surface area contributed by atoms with Crippen molar-refractivity contribution in [2.45, 2.75) is 5.88 Å². The minimum Gasteiger partial charge on any atom is -0.496 e. The zero-order chi connectivity index (χ0) is 13.8. The second-order valence-corrected chi connectivity index (χ2v) is 5.78. The fourth-order valence-electron chi connectivity index (χ4n) is 1.56. The van der Waals surface area contributed by atoms with Gasteiger partial charge in [0.1, 0.15) is 17.2 Å². The molecule has 0 aliphatic carbocycles. The van der Waals surface area contributed by atoms with Gasteiger partial charge in [-0.15, -0.1) is 11.6 Å². The number of ether oxygens (including phenoxy) is 2. The maximum Gasteiger partial charge on any atom is 0.143 e.